The molecule has 0 radical (unpaired) electrons. The lowest BCUT2D eigenvalue weighted by Gasteiger charge is -2.37. The van der Waals surface area contributed by atoms with Gasteiger partial charge in [0.25, 0.3) is 0 Å². The molecular formula is C6H13NO. The molecule has 8 heavy (non-hydrogen) atoms. The number of rotatable bonds is 2. The Hall–Kier alpha value is -0.0800. The Balaban J connectivity index is 2.08. The third-order valence-corrected chi connectivity index (χ3v) is 1.50. The van der Waals surface area contributed by atoms with Gasteiger partial charge in [-0.1, -0.05) is 13.3 Å². The van der Waals surface area contributed by atoms with Crippen molar-refractivity contribution in [3.05, 3.63) is 0 Å². The highest BCUT2D eigenvalue weighted by molar-refractivity contribution is 4.61. The largest absolute Gasteiger partial charge is 0.348 e. The third-order valence-electron chi connectivity index (χ3n) is 1.50. The van der Waals surface area contributed by atoms with Gasteiger partial charge in [0.05, 0.1) is 0 Å². The van der Waals surface area contributed by atoms with Gasteiger partial charge in [0, 0.05) is 0 Å². The summed E-state index contributed by atoms with van der Waals surface area (Å²) in [5.41, 5.74) is 0. The minimum absolute atomic E-state index is 0.431. The van der Waals surface area contributed by atoms with Crippen LogP contribution in [-0.4, -0.2) is 24.9 Å². The molecule has 2 heteroatoms. The summed E-state index contributed by atoms with van der Waals surface area (Å²) in [6.45, 7) is 3.00. The van der Waals surface area contributed by atoms with Crippen LogP contribution in [0.3, 0.4) is 0 Å². The zero-order chi connectivity index (χ0) is 5.98. The van der Waals surface area contributed by atoms with Crippen LogP contribution < -0.4 is 0 Å². The maximum absolute atomic E-state index is 5.21. The van der Waals surface area contributed by atoms with E-state index in [1.54, 1.807) is 0 Å². The number of hydrogen-bond donors (Lipinski definition) is 0. The molecule has 1 aliphatic heterocycles. The van der Waals surface area contributed by atoms with Gasteiger partial charge in [-0.2, -0.15) is 0 Å². The summed E-state index contributed by atoms with van der Waals surface area (Å²) in [5, 5.41) is 0. The van der Waals surface area contributed by atoms with Crippen molar-refractivity contribution in [2.75, 3.05) is 13.8 Å². The van der Waals surface area contributed by atoms with Gasteiger partial charge in [-0.3, -0.25) is 4.90 Å². The van der Waals surface area contributed by atoms with Crippen LogP contribution in [0, 0.1) is 0 Å². The lowest BCUT2D eigenvalue weighted by atomic mass is 10.3. The summed E-state index contributed by atoms with van der Waals surface area (Å²) in [6.07, 6.45) is 2.82. The number of hydrogen-bond acceptors (Lipinski definition) is 2. The lowest BCUT2D eigenvalue weighted by molar-refractivity contribution is -0.208. The van der Waals surface area contributed by atoms with Gasteiger partial charge < -0.3 is 4.74 Å². The molecule has 0 spiro atoms. The van der Waals surface area contributed by atoms with Crippen LogP contribution in [0.15, 0.2) is 0 Å². The summed E-state index contributed by atoms with van der Waals surface area (Å²) < 4.78 is 5.21. The normalized spacial score (nSPS) is 30.0. The van der Waals surface area contributed by atoms with Gasteiger partial charge in [0.1, 0.15) is 13.0 Å². The summed E-state index contributed by atoms with van der Waals surface area (Å²) in [6, 6.07) is 0. The first-order valence-corrected chi connectivity index (χ1v) is 3.16. The van der Waals surface area contributed by atoms with Crippen molar-refractivity contribution in [3.8, 4) is 0 Å². The van der Waals surface area contributed by atoms with E-state index in [1.165, 1.54) is 12.8 Å². The second-order valence-electron chi connectivity index (χ2n) is 2.30. The Morgan fingerprint density at radius 3 is 2.62 bits per heavy atom. The first-order chi connectivity index (χ1) is 3.84. The Labute approximate surface area is 50.4 Å². The summed E-state index contributed by atoms with van der Waals surface area (Å²) in [7, 11) is 2.09. The predicted molar refractivity (Wildman–Crippen MR) is 32.4 cm³/mol. The Kier molecular flexibility index (Phi) is 1.86. The fourth-order valence-corrected chi connectivity index (χ4v) is 0.880. The monoisotopic (exact) mass is 115 g/mol. The maximum atomic E-state index is 5.21. The maximum Gasteiger partial charge on any atom is 0.113 e. The minimum atomic E-state index is 0.431. The van der Waals surface area contributed by atoms with E-state index >= 15 is 0 Å². The van der Waals surface area contributed by atoms with Crippen molar-refractivity contribution in [1.82, 2.24) is 4.90 Å². The molecule has 1 saturated heterocycles. The average molecular weight is 115 g/mol. The van der Waals surface area contributed by atoms with Crippen molar-refractivity contribution in [1.29, 1.82) is 0 Å². The molecule has 0 aromatic carbocycles. The zero-order valence-corrected chi connectivity index (χ0v) is 5.55. The topological polar surface area (TPSA) is 12.5 Å². The molecule has 1 unspecified atom stereocenters. The molecule has 1 heterocycles. The van der Waals surface area contributed by atoms with Crippen molar-refractivity contribution in [2.24, 2.45) is 0 Å². The lowest BCUT2D eigenvalue weighted by Crippen LogP contribution is -2.47. The minimum Gasteiger partial charge on any atom is -0.348 e. The first kappa shape index (κ1) is 6.05. The first-order valence-electron chi connectivity index (χ1n) is 3.16. The van der Waals surface area contributed by atoms with Crippen LogP contribution in [0.1, 0.15) is 19.8 Å². The highest BCUT2D eigenvalue weighted by atomic mass is 16.6. The molecule has 48 valence electrons. The van der Waals surface area contributed by atoms with Crippen LogP contribution in [0.5, 0.6) is 0 Å². The van der Waals surface area contributed by atoms with E-state index < -0.39 is 0 Å². The molecule has 0 aromatic rings. The molecule has 0 aliphatic carbocycles. The van der Waals surface area contributed by atoms with E-state index in [-0.39, 0.29) is 0 Å². The highest BCUT2D eigenvalue weighted by Crippen LogP contribution is 2.14. The zero-order valence-electron chi connectivity index (χ0n) is 5.55. The molecule has 0 bridgehead atoms. The van der Waals surface area contributed by atoms with Gasteiger partial charge in [-0.15, -0.1) is 0 Å². The number of nitrogens with zero attached hydrogens (tertiary/aromatic N) is 1. The molecule has 1 atom stereocenters. The average Bonchev–Trinajstić information content (AvgIpc) is 1.79. The van der Waals surface area contributed by atoms with E-state index in [0.29, 0.717) is 6.23 Å². The van der Waals surface area contributed by atoms with E-state index in [4.69, 9.17) is 4.74 Å². The molecule has 0 aromatic heterocycles. The van der Waals surface area contributed by atoms with E-state index in [0.717, 1.165) is 6.73 Å². The molecule has 0 saturated carbocycles. The molecule has 2 nitrogen and oxygen atoms in total. The molecule has 1 aliphatic rings. The summed E-state index contributed by atoms with van der Waals surface area (Å²) >= 11 is 0. The van der Waals surface area contributed by atoms with Crippen LogP contribution in [0.2, 0.25) is 0 Å². The molecule has 1 fully saturated rings. The van der Waals surface area contributed by atoms with Crippen LogP contribution >= 0.6 is 0 Å². The smallest absolute Gasteiger partial charge is 0.113 e. The Bertz CT molecular complexity index is 74.9. The SMILES string of the molecule is CCCC1OCN1C. The molecule has 0 amide bonds. The fourth-order valence-electron chi connectivity index (χ4n) is 0.880. The van der Waals surface area contributed by atoms with E-state index in [2.05, 4.69) is 18.9 Å². The molecule has 0 N–H and O–H groups in total. The van der Waals surface area contributed by atoms with Gasteiger partial charge >= 0.3 is 0 Å². The van der Waals surface area contributed by atoms with Crippen LogP contribution in [-0.2, 0) is 4.74 Å². The predicted octanol–water partition coefficient (Wildman–Crippen LogP) is 1.03. The van der Waals surface area contributed by atoms with E-state index in [9.17, 15) is 0 Å². The Morgan fingerprint density at radius 1 is 1.75 bits per heavy atom. The quantitative estimate of drug-likeness (QED) is 0.533. The van der Waals surface area contributed by atoms with Gasteiger partial charge in [-0.05, 0) is 13.5 Å². The number of ether oxygens (including phenoxy) is 1. The van der Waals surface area contributed by atoms with Gasteiger partial charge in [0.15, 0.2) is 0 Å². The summed E-state index contributed by atoms with van der Waals surface area (Å²) in [4.78, 5) is 2.21. The van der Waals surface area contributed by atoms with Gasteiger partial charge in [-0.25, -0.2) is 0 Å². The second kappa shape index (κ2) is 2.46. The van der Waals surface area contributed by atoms with Gasteiger partial charge in [0.2, 0.25) is 0 Å². The standard InChI is InChI=1S/C6H13NO/c1-3-4-6-7(2)5-8-6/h6H,3-5H2,1-2H3. The van der Waals surface area contributed by atoms with Crippen molar-refractivity contribution >= 4 is 0 Å². The van der Waals surface area contributed by atoms with Crippen molar-refractivity contribution < 1.29 is 4.74 Å². The second-order valence-corrected chi connectivity index (χ2v) is 2.30. The van der Waals surface area contributed by atoms with E-state index in [1.807, 2.05) is 0 Å². The van der Waals surface area contributed by atoms with Crippen LogP contribution in [0.4, 0.5) is 0 Å². The highest BCUT2D eigenvalue weighted by Gasteiger charge is 2.22. The van der Waals surface area contributed by atoms with Crippen LogP contribution in [0.25, 0.3) is 0 Å². The molecule has 1 rings (SSSR count). The fraction of sp³-hybridized carbons (Fsp3) is 1.00. The molecular weight excluding hydrogens is 102 g/mol. The van der Waals surface area contributed by atoms with Crippen molar-refractivity contribution in [2.45, 2.75) is 26.0 Å². The third kappa shape index (κ3) is 1.01. The summed E-state index contributed by atoms with van der Waals surface area (Å²) in [5.74, 6) is 0. The Morgan fingerprint density at radius 2 is 2.50 bits per heavy atom. The van der Waals surface area contributed by atoms with Crippen molar-refractivity contribution in [3.63, 3.8) is 0 Å².